The first kappa shape index (κ1) is 11.6. The maximum atomic E-state index is 11.5. The van der Waals surface area contributed by atoms with E-state index >= 15 is 0 Å². The minimum absolute atomic E-state index is 0.205. The molecule has 0 rings (SSSR count). The highest BCUT2D eigenvalue weighted by Gasteiger charge is 2.22. The first-order valence-corrected chi connectivity index (χ1v) is 4.48. The van der Waals surface area contributed by atoms with Crippen molar-refractivity contribution in [1.29, 1.82) is 0 Å². The Labute approximate surface area is 75.9 Å². The number of carbonyl (C=O) groups excluding carboxylic acids is 1. The molecule has 0 aliphatic heterocycles. The van der Waals surface area contributed by atoms with E-state index in [1.165, 1.54) is 0 Å². The van der Waals surface area contributed by atoms with Crippen LogP contribution < -0.4 is 0 Å². The first-order chi connectivity index (χ1) is 5.25. The van der Waals surface area contributed by atoms with E-state index in [2.05, 4.69) is 18.7 Å². The Balaban J connectivity index is 4.02. The Morgan fingerprint density at radius 3 is 2.00 bits per heavy atom. The van der Waals surface area contributed by atoms with Gasteiger partial charge in [-0.3, -0.25) is 9.69 Å². The third-order valence-corrected chi connectivity index (χ3v) is 2.11. The molecule has 2 heteroatoms. The van der Waals surface area contributed by atoms with Crippen LogP contribution in [-0.2, 0) is 4.79 Å². The molecule has 0 unspecified atom stereocenters. The van der Waals surface area contributed by atoms with Crippen molar-refractivity contribution >= 4 is 5.78 Å². The van der Waals surface area contributed by atoms with Gasteiger partial charge in [0.25, 0.3) is 0 Å². The average Bonchev–Trinajstić information content (AvgIpc) is 1.85. The van der Waals surface area contributed by atoms with E-state index in [-0.39, 0.29) is 5.41 Å². The molecule has 2 nitrogen and oxygen atoms in total. The van der Waals surface area contributed by atoms with Crippen molar-refractivity contribution in [2.24, 2.45) is 5.41 Å². The molecule has 0 fully saturated rings. The first-order valence-electron chi connectivity index (χ1n) is 4.48. The Kier molecular flexibility index (Phi) is 3.91. The molecular formula is C10H21NO. The lowest BCUT2D eigenvalue weighted by molar-refractivity contribution is -0.127. The fourth-order valence-corrected chi connectivity index (χ4v) is 0.646. The van der Waals surface area contributed by atoms with Crippen LogP contribution >= 0.6 is 0 Å². The minimum Gasteiger partial charge on any atom is -0.298 e. The van der Waals surface area contributed by atoms with Gasteiger partial charge in [-0.1, -0.05) is 20.8 Å². The molecule has 0 spiro atoms. The molecule has 0 heterocycles. The van der Waals surface area contributed by atoms with Gasteiger partial charge in [0.15, 0.2) is 5.78 Å². The van der Waals surface area contributed by atoms with Crippen molar-refractivity contribution in [3.8, 4) is 0 Å². The van der Waals surface area contributed by atoms with Gasteiger partial charge in [0.1, 0.15) is 0 Å². The Hall–Kier alpha value is -0.370. The van der Waals surface area contributed by atoms with Crippen LogP contribution in [0.2, 0.25) is 0 Å². The van der Waals surface area contributed by atoms with Crippen molar-refractivity contribution in [1.82, 2.24) is 4.90 Å². The minimum atomic E-state index is -0.205. The zero-order valence-corrected chi connectivity index (χ0v) is 9.14. The summed E-state index contributed by atoms with van der Waals surface area (Å²) >= 11 is 0. The summed E-state index contributed by atoms with van der Waals surface area (Å²) < 4.78 is 0. The molecule has 0 saturated heterocycles. The molecule has 0 aromatic heterocycles. The lowest BCUT2D eigenvalue weighted by Crippen LogP contribution is -2.37. The van der Waals surface area contributed by atoms with Gasteiger partial charge in [-0.05, 0) is 20.9 Å². The third-order valence-electron chi connectivity index (χ3n) is 2.11. The van der Waals surface area contributed by atoms with Crippen LogP contribution in [0.25, 0.3) is 0 Å². The molecular weight excluding hydrogens is 150 g/mol. The molecule has 0 bridgehead atoms. The summed E-state index contributed by atoms with van der Waals surface area (Å²) in [6.45, 7) is 10.6. The van der Waals surface area contributed by atoms with Gasteiger partial charge in [0.05, 0.1) is 6.54 Å². The maximum Gasteiger partial charge on any atom is 0.152 e. The number of hydrogen-bond donors (Lipinski definition) is 0. The number of nitrogens with zero attached hydrogens (tertiary/aromatic N) is 1. The van der Waals surface area contributed by atoms with Crippen LogP contribution in [0.1, 0.15) is 34.6 Å². The number of hydrogen-bond acceptors (Lipinski definition) is 2. The summed E-state index contributed by atoms with van der Waals surface area (Å²) in [6.07, 6.45) is 0. The number of rotatable bonds is 3. The van der Waals surface area contributed by atoms with Gasteiger partial charge >= 0.3 is 0 Å². The standard InChI is InChI=1S/C10H21NO/c1-8(2)11(6)7-9(12)10(3,4)5/h8H,7H2,1-6H3. The largest absolute Gasteiger partial charge is 0.298 e. The molecule has 0 aliphatic carbocycles. The zero-order chi connectivity index (χ0) is 9.94. The lowest BCUT2D eigenvalue weighted by Gasteiger charge is -2.24. The van der Waals surface area contributed by atoms with Crippen LogP contribution in [0.5, 0.6) is 0 Å². The van der Waals surface area contributed by atoms with E-state index in [0.29, 0.717) is 18.4 Å². The summed E-state index contributed by atoms with van der Waals surface area (Å²) in [4.78, 5) is 13.6. The van der Waals surface area contributed by atoms with Crippen LogP contribution in [0.3, 0.4) is 0 Å². The van der Waals surface area contributed by atoms with Crippen LogP contribution in [0, 0.1) is 5.41 Å². The molecule has 0 amide bonds. The van der Waals surface area contributed by atoms with Crippen molar-refractivity contribution in [2.45, 2.75) is 40.7 Å². The summed E-state index contributed by atoms with van der Waals surface area (Å²) in [5, 5.41) is 0. The van der Waals surface area contributed by atoms with Gasteiger partial charge in [0.2, 0.25) is 0 Å². The van der Waals surface area contributed by atoms with Gasteiger partial charge < -0.3 is 0 Å². The average molecular weight is 171 g/mol. The second-order valence-corrected chi connectivity index (χ2v) is 4.68. The molecule has 0 saturated carbocycles. The molecule has 12 heavy (non-hydrogen) atoms. The second-order valence-electron chi connectivity index (χ2n) is 4.68. The number of Topliss-reactive ketones (excluding diaryl/α,β-unsaturated/α-hetero) is 1. The van der Waals surface area contributed by atoms with Crippen molar-refractivity contribution < 1.29 is 4.79 Å². The van der Waals surface area contributed by atoms with E-state index in [0.717, 1.165) is 0 Å². The predicted octanol–water partition coefficient (Wildman–Crippen LogP) is 1.94. The van der Waals surface area contributed by atoms with Crippen LogP contribution in [0.15, 0.2) is 0 Å². The van der Waals surface area contributed by atoms with Gasteiger partial charge in [-0.2, -0.15) is 0 Å². The van der Waals surface area contributed by atoms with Gasteiger partial charge in [-0.15, -0.1) is 0 Å². The topological polar surface area (TPSA) is 20.3 Å². The van der Waals surface area contributed by atoms with E-state index in [9.17, 15) is 4.79 Å². The Bertz CT molecular complexity index is 156. The summed E-state index contributed by atoms with van der Waals surface area (Å²) in [5.41, 5.74) is -0.205. The highest BCUT2D eigenvalue weighted by atomic mass is 16.1. The van der Waals surface area contributed by atoms with Crippen molar-refractivity contribution in [2.75, 3.05) is 13.6 Å². The third kappa shape index (κ3) is 3.86. The lowest BCUT2D eigenvalue weighted by atomic mass is 9.90. The van der Waals surface area contributed by atoms with Gasteiger partial charge in [-0.25, -0.2) is 0 Å². The summed E-state index contributed by atoms with van der Waals surface area (Å²) in [6, 6.07) is 0.441. The molecule has 0 aromatic carbocycles. The predicted molar refractivity (Wildman–Crippen MR) is 52.2 cm³/mol. The Morgan fingerprint density at radius 1 is 1.33 bits per heavy atom. The van der Waals surface area contributed by atoms with E-state index in [4.69, 9.17) is 0 Å². The number of ketones is 1. The fourth-order valence-electron chi connectivity index (χ4n) is 0.646. The molecule has 0 aliphatic rings. The smallest absolute Gasteiger partial charge is 0.152 e. The Morgan fingerprint density at radius 2 is 1.75 bits per heavy atom. The maximum absolute atomic E-state index is 11.5. The van der Waals surface area contributed by atoms with Gasteiger partial charge in [0, 0.05) is 11.5 Å². The van der Waals surface area contributed by atoms with Crippen LogP contribution in [-0.4, -0.2) is 30.3 Å². The number of likely N-dealkylation sites (N-methyl/N-ethyl adjacent to an activating group) is 1. The molecule has 72 valence electrons. The van der Waals surface area contributed by atoms with E-state index < -0.39 is 0 Å². The van der Waals surface area contributed by atoms with E-state index in [1.54, 1.807) is 0 Å². The quantitative estimate of drug-likeness (QED) is 0.647. The normalized spacial score (nSPS) is 12.7. The molecule has 0 N–H and O–H groups in total. The fraction of sp³-hybridized carbons (Fsp3) is 0.900. The summed E-state index contributed by atoms with van der Waals surface area (Å²) in [5.74, 6) is 0.304. The number of carbonyl (C=O) groups is 1. The van der Waals surface area contributed by atoms with E-state index in [1.807, 2.05) is 27.8 Å². The zero-order valence-electron chi connectivity index (χ0n) is 9.14. The molecule has 0 aromatic rings. The SMILES string of the molecule is CC(C)N(C)CC(=O)C(C)(C)C. The summed E-state index contributed by atoms with van der Waals surface area (Å²) in [7, 11) is 1.98. The second kappa shape index (κ2) is 4.04. The highest BCUT2D eigenvalue weighted by molar-refractivity contribution is 5.85. The monoisotopic (exact) mass is 171 g/mol. The van der Waals surface area contributed by atoms with Crippen molar-refractivity contribution in [3.05, 3.63) is 0 Å². The highest BCUT2D eigenvalue weighted by Crippen LogP contribution is 2.15. The van der Waals surface area contributed by atoms with Crippen LogP contribution in [0.4, 0.5) is 0 Å². The molecule has 0 radical (unpaired) electrons. The molecule has 0 atom stereocenters. The van der Waals surface area contributed by atoms with Crippen molar-refractivity contribution in [3.63, 3.8) is 0 Å².